The summed E-state index contributed by atoms with van der Waals surface area (Å²) in [5, 5.41) is 13.6. The molecular formula is C37H46N2O8Si. The third-order valence-corrected chi connectivity index (χ3v) is 13.8. The molecule has 2 unspecified atom stereocenters. The maximum Gasteiger partial charge on any atom is 0.335 e. The van der Waals surface area contributed by atoms with Gasteiger partial charge in [0.05, 0.1) is 26.4 Å². The normalized spacial score (nSPS) is 19.9. The molecule has 1 aliphatic heterocycles. The van der Waals surface area contributed by atoms with Crippen LogP contribution in [0.1, 0.15) is 38.1 Å². The van der Waals surface area contributed by atoms with E-state index < -0.39 is 44.1 Å². The molecule has 2 heterocycles. The highest BCUT2D eigenvalue weighted by molar-refractivity contribution is 6.99. The zero-order valence-corrected chi connectivity index (χ0v) is 29.3. The van der Waals surface area contributed by atoms with Crippen LogP contribution in [0.15, 0.2) is 107 Å². The van der Waals surface area contributed by atoms with E-state index in [0.29, 0.717) is 5.56 Å². The molecule has 1 aromatic heterocycles. The van der Waals surface area contributed by atoms with Gasteiger partial charge in [-0.3, -0.25) is 9.36 Å². The van der Waals surface area contributed by atoms with Gasteiger partial charge in [-0.1, -0.05) is 112 Å². The molecule has 48 heavy (non-hydrogen) atoms. The number of rotatable bonds is 14. The SMILES string of the molecule is COCCOC1C(O)[C@H](CO[Si](c2ccccc2)(c2ccccc2)C(C)(C)C)O[C@@H]1n1cc(C)c(=O)n(COCc2ccccc2)c1=O. The third kappa shape index (κ3) is 7.47. The summed E-state index contributed by atoms with van der Waals surface area (Å²) in [4.78, 5) is 27.0. The predicted octanol–water partition coefficient (Wildman–Crippen LogP) is 3.36. The van der Waals surface area contributed by atoms with Crippen LogP contribution in [0, 0.1) is 6.92 Å². The second-order valence-corrected chi connectivity index (χ2v) is 17.4. The summed E-state index contributed by atoms with van der Waals surface area (Å²) in [7, 11) is -1.40. The van der Waals surface area contributed by atoms with E-state index in [1.807, 2.05) is 66.7 Å². The van der Waals surface area contributed by atoms with Crippen molar-refractivity contribution in [2.45, 2.75) is 70.6 Å². The van der Waals surface area contributed by atoms with E-state index in [-0.39, 0.29) is 38.2 Å². The van der Waals surface area contributed by atoms with Crippen LogP contribution in [0.5, 0.6) is 0 Å². The number of benzene rings is 3. The summed E-state index contributed by atoms with van der Waals surface area (Å²) in [6.07, 6.45) is -2.52. The fourth-order valence-electron chi connectivity index (χ4n) is 6.38. The van der Waals surface area contributed by atoms with Crippen LogP contribution >= 0.6 is 0 Å². The van der Waals surface area contributed by atoms with Crippen molar-refractivity contribution in [2.75, 3.05) is 26.9 Å². The minimum atomic E-state index is -2.96. The van der Waals surface area contributed by atoms with E-state index in [4.69, 9.17) is 23.4 Å². The van der Waals surface area contributed by atoms with Gasteiger partial charge in [0.1, 0.15) is 25.0 Å². The van der Waals surface area contributed by atoms with Crippen molar-refractivity contribution in [2.24, 2.45) is 0 Å². The summed E-state index contributed by atoms with van der Waals surface area (Å²) in [6.45, 7) is 8.61. The maximum atomic E-state index is 13.9. The molecule has 256 valence electrons. The highest BCUT2D eigenvalue weighted by Gasteiger charge is 2.53. The average molecular weight is 675 g/mol. The van der Waals surface area contributed by atoms with Crippen molar-refractivity contribution in [1.29, 1.82) is 0 Å². The highest BCUT2D eigenvalue weighted by Crippen LogP contribution is 2.38. The van der Waals surface area contributed by atoms with Gasteiger partial charge in [-0.2, -0.15) is 0 Å². The number of aliphatic hydroxyl groups excluding tert-OH is 1. The topological polar surface area (TPSA) is 110 Å². The first-order valence-electron chi connectivity index (χ1n) is 16.2. The first-order valence-corrected chi connectivity index (χ1v) is 18.1. The molecule has 0 amide bonds. The van der Waals surface area contributed by atoms with E-state index in [9.17, 15) is 14.7 Å². The summed E-state index contributed by atoms with van der Waals surface area (Å²) in [5.41, 5.74) is 0.130. The van der Waals surface area contributed by atoms with Crippen LogP contribution in [0.3, 0.4) is 0 Å². The highest BCUT2D eigenvalue weighted by atomic mass is 28.4. The van der Waals surface area contributed by atoms with Gasteiger partial charge in [-0.15, -0.1) is 0 Å². The van der Waals surface area contributed by atoms with E-state index in [1.54, 1.807) is 14.0 Å². The molecule has 0 saturated carbocycles. The van der Waals surface area contributed by atoms with Gasteiger partial charge >= 0.3 is 5.69 Å². The Bertz CT molecular complexity index is 1680. The quantitative estimate of drug-likeness (QED) is 0.160. The molecular weight excluding hydrogens is 628 g/mol. The van der Waals surface area contributed by atoms with E-state index >= 15 is 0 Å². The minimum absolute atomic E-state index is 0.0443. The van der Waals surface area contributed by atoms with Crippen molar-refractivity contribution < 1.29 is 28.5 Å². The molecule has 10 nitrogen and oxygen atoms in total. The maximum absolute atomic E-state index is 13.9. The van der Waals surface area contributed by atoms with Crippen molar-refractivity contribution in [1.82, 2.24) is 9.13 Å². The Morgan fingerprint density at radius 2 is 1.46 bits per heavy atom. The number of hydrogen-bond donors (Lipinski definition) is 1. The lowest BCUT2D eigenvalue weighted by Gasteiger charge is -2.43. The van der Waals surface area contributed by atoms with Gasteiger partial charge in [-0.05, 0) is 27.9 Å². The zero-order chi connectivity index (χ0) is 34.3. The largest absolute Gasteiger partial charge is 0.405 e. The van der Waals surface area contributed by atoms with Crippen LogP contribution in [0.2, 0.25) is 5.04 Å². The van der Waals surface area contributed by atoms with Crippen molar-refractivity contribution in [3.8, 4) is 0 Å². The Hall–Kier alpha value is -3.68. The van der Waals surface area contributed by atoms with Gasteiger partial charge in [0.15, 0.2) is 6.23 Å². The monoisotopic (exact) mass is 674 g/mol. The number of methoxy groups -OCH3 is 1. The third-order valence-electron chi connectivity index (χ3n) is 8.76. The zero-order valence-electron chi connectivity index (χ0n) is 28.3. The van der Waals surface area contributed by atoms with Gasteiger partial charge in [0.2, 0.25) is 0 Å². The van der Waals surface area contributed by atoms with E-state index in [2.05, 4.69) is 45.0 Å². The fraction of sp³-hybridized carbons (Fsp3) is 0.405. The molecule has 0 bridgehead atoms. The number of nitrogens with zero attached hydrogens (tertiary/aromatic N) is 2. The first-order chi connectivity index (χ1) is 23.1. The second kappa shape index (κ2) is 15.7. The average Bonchev–Trinajstić information content (AvgIpc) is 3.39. The molecule has 3 aromatic carbocycles. The molecule has 11 heteroatoms. The van der Waals surface area contributed by atoms with Crippen molar-refractivity contribution in [3.05, 3.63) is 129 Å². The van der Waals surface area contributed by atoms with Crippen molar-refractivity contribution in [3.63, 3.8) is 0 Å². The van der Waals surface area contributed by atoms with Gasteiger partial charge in [0, 0.05) is 18.9 Å². The number of ether oxygens (including phenoxy) is 4. The Labute approximate surface area is 282 Å². The van der Waals surface area contributed by atoms with Crippen LogP contribution in [-0.2, 0) is 36.7 Å². The van der Waals surface area contributed by atoms with Crippen molar-refractivity contribution >= 4 is 18.7 Å². The molecule has 1 saturated heterocycles. The lowest BCUT2D eigenvalue weighted by molar-refractivity contribution is -0.0827. The molecule has 0 spiro atoms. The lowest BCUT2D eigenvalue weighted by Crippen LogP contribution is -2.67. The van der Waals surface area contributed by atoms with Gasteiger partial charge in [-0.25, -0.2) is 9.36 Å². The van der Waals surface area contributed by atoms with Crippen LogP contribution in [0.25, 0.3) is 0 Å². The fourth-order valence-corrected chi connectivity index (χ4v) is 10.9. The number of aromatic nitrogens is 2. The molecule has 1 N–H and O–H groups in total. The number of aryl methyl sites for hydroxylation is 1. The Morgan fingerprint density at radius 3 is 2.02 bits per heavy atom. The molecule has 1 aliphatic rings. The summed E-state index contributed by atoms with van der Waals surface area (Å²) < 4.78 is 33.0. The second-order valence-electron chi connectivity index (χ2n) is 13.1. The van der Waals surface area contributed by atoms with Crippen LogP contribution in [0.4, 0.5) is 0 Å². The number of aliphatic hydroxyl groups is 1. The summed E-state index contributed by atoms with van der Waals surface area (Å²) in [5.74, 6) is 0. The molecule has 0 radical (unpaired) electrons. The van der Waals surface area contributed by atoms with Crippen LogP contribution in [-0.4, -0.2) is 67.8 Å². The lowest BCUT2D eigenvalue weighted by atomic mass is 10.1. The Balaban J connectivity index is 1.47. The molecule has 1 fully saturated rings. The van der Waals surface area contributed by atoms with E-state index in [1.165, 1.54) is 10.8 Å². The van der Waals surface area contributed by atoms with Gasteiger partial charge in [0.25, 0.3) is 13.9 Å². The molecule has 5 rings (SSSR count). The summed E-state index contributed by atoms with van der Waals surface area (Å²) in [6, 6.07) is 29.9. The minimum Gasteiger partial charge on any atom is -0.405 e. The first kappa shape index (κ1) is 35.6. The predicted molar refractivity (Wildman–Crippen MR) is 186 cm³/mol. The number of hydrogen-bond acceptors (Lipinski definition) is 8. The molecule has 4 aromatic rings. The van der Waals surface area contributed by atoms with Gasteiger partial charge < -0.3 is 28.5 Å². The standard InChI is InChI=1S/C37H46N2O8Si/c1-27-23-38(36(42)39(34(27)41)26-44-24-28-15-9-6-10-16-28)35-33(45-22-21-43-5)32(40)31(47-35)25-46-48(37(2,3)4,29-17-11-7-12-18-29)30-19-13-8-14-20-30/h6-20,23,31-33,35,40H,21-22,24-26H2,1-5H3/t31-,32?,33?,35-/m0/s1. The Kier molecular flexibility index (Phi) is 11.6. The molecule has 4 atom stereocenters. The molecule has 0 aliphatic carbocycles. The smallest absolute Gasteiger partial charge is 0.335 e. The Morgan fingerprint density at radius 1 is 0.875 bits per heavy atom. The van der Waals surface area contributed by atoms with Crippen LogP contribution < -0.4 is 21.6 Å². The summed E-state index contributed by atoms with van der Waals surface area (Å²) >= 11 is 0. The van der Waals surface area contributed by atoms with E-state index in [0.717, 1.165) is 20.5 Å².